The van der Waals surface area contributed by atoms with Crippen LogP contribution in [0.4, 0.5) is 0 Å². The second kappa shape index (κ2) is 40.6. The average molecular weight is 1930 g/mol. The molecule has 9 heterocycles. The number of rotatable bonds is 25. The van der Waals surface area contributed by atoms with Crippen LogP contribution < -0.4 is 31.2 Å². The van der Waals surface area contributed by atoms with Crippen LogP contribution in [0.5, 0.6) is 11.5 Å². The summed E-state index contributed by atoms with van der Waals surface area (Å²) in [6, 6.07) is 46.4. The number of hydrogen-bond donors (Lipinski definition) is 9. The van der Waals surface area contributed by atoms with Crippen LogP contribution in [0.25, 0.3) is 89.7 Å². The fourth-order valence-electron chi connectivity index (χ4n) is 14.8. The molecule has 1 aliphatic heterocycles. The van der Waals surface area contributed by atoms with Gasteiger partial charge in [0.25, 0.3) is 23.6 Å². The number of aliphatic hydroxyl groups excluding tert-OH is 1. The smallest absolute Gasteiger partial charge is 0.257 e. The van der Waals surface area contributed by atoms with Crippen LogP contribution in [0.3, 0.4) is 0 Å². The van der Waals surface area contributed by atoms with Gasteiger partial charge >= 0.3 is 0 Å². The van der Waals surface area contributed by atoms with E-state index in [1.165, 1.54) is 24.5 Å². The molecule has 0 bridgehead atoms. The van der Waals surface area contributed by atoms with Crippen molar-refractivity contribution in [2.45, 2.75) is 153 Å². The number of carbonyl (C=O) groups excluding carboxylic acids is 5. The first-order valence-corrected chi connectivity index (χ1v) is 49.5. The summed E-state index contributed by atoms with van der Waals surface area (Å²) in [6.45, 7) is 15.8. The van der Waals surface area contributed by atoms with E-state index in [2.05, 4.69) is 75.8 Å². The molecule has 5 amide bonds. The lowest BCUT2D eigenvalue weighted by atomic mass is 9.86. The van der Waals surface area contributed by atoms with Crippen LogP contribution >= 0.6 is 11.6 Å². The Hall–Kier alpha value is -14.0. The Morgan fingerprint density at radius 3 is 1.22 bits per heavy atom. The first-order chi connectivity index (χ1) is 63.9. The number of ether oxygens (including phenoxy) is 2. The van der Waals surface area contributed by atoms with Crippen molar-refractivity contribution in [2.24, 2.45) is 11.7 Å². The van der Waals surface area contributed by atoms with Gasteiger partial charge in [-0.1, -0.05) is 109 Å². The van der Waals surface area contributed by atoms with Gasteiger partial charge in [-0.25, -0.2) is 73.5 Å². The summed E-state index contributed by atoms with van der Waals surface area (Å²) in [5.41, 5.74) is 17.7. The fourth-order valence-corrected chi connectivity index (χ4v) is 19.2. The molecule has 0 spiro atoms. The van der Waals surface area contributed by atoms with E-state index in [1.54, 1.807) is 226 Å². The lowest BCUT2D eigenvalue weighted by Gasteiger charge is -2.27. The predicted octanol–water partition coefficient (Wildman–Crippen LogP) is 17.3. The molecule has 7 aromatic carbocycles. The third-order valence-corrected chi connectivity index (χ3v) is 32.1. The monoisotopic (exact) mass is 1930 g/mol. The van der Waals surface area contributed by atoms with Crippen molar-refractivity contribution in [3.63, 3.8) is 0 Å². The van der Waals surface area contributed by atoms with Crippen molar-refractivity contribution >= 4 is 125 Å². The Bertz CT molecular complexity index is 7430. The number of nitrogens with two attached hydrogens (primary N) is 1. The van der Waals surface area contributed by atoms with Gasteiger partial charge in [0.2, 0.25) is 12.7 Å². The molecule has 1 fully saturated rings. The quantitative estimate of drug-likeness (QED) is 0.0257. The molecule has 1 saturated carbocycles. The van der Waals surface area contributed by atoms with Crippen molar-refractivity contribution in [3.8, 4) is 56.5 Å². The van der Waals surface area contributed by atoms with Gasteiger partial charge in [-0.15, -0.1) is 0 Å². The van der Waals surface area contributed by atoms with Crippen LogP contribution in [0, 0.1) is 5.92 Å². The Balaban J connectivity index is 0.000000485. The first-order valence-electron chi connectivity index (χ1n) is 42.9. The maximum absolute atomic E-state index is 13.3. The number of carbonyl (C=O) groups is 5. The molecule has 33 nitrogen and oxygen atoms in total. The Morgan fingerprint density at radius 1 is 0.463 bits per heavy atom. The van der Waals surface area contributed by atoms with Gasteiger partial charge in [0.05, 0.1) is 116 Å². The zero-order valence-corrected chi connectivity index (χ0v) is 78.6. The third kappa shape index (κ3) is 21.2. The number of benzene rings is 7. The van der Waals surface area contributed by atoms with E-state index in [-0.39, 0.29) is 84.0 Å². The first kappa shape index (κ1) is 96.1. The summed E-state index contributed by atoms with van der Waals surface area (Å²) in [5, 5.41) is 16.5. The second-order valence-corrected chi connectivity index (χ2v) is 43.7. The summed E-state index contributed by atoms with van der Waals surface area (Å²) >= 11 is 6.12. The summed E-state index contributed by atoms with van der Waals surface area (Å²) in [5.74, 6) is -0.269. The number of aromatic nitrogens is 12. The molecule has 134 heavy (non-hydrogen) atoms. The number of aliphatic hydroxyl groups is 1. The second-order valence-electron chi connectivity index (χ2n) is 33.2. The number of nitrogens with one attached hydrogen (secondary N) is 7. The lowest BCUT2D eigenvalue weighted by molar-refractivity contribution is -0.120. The Morgan fingerprint density at radius 2 is 0.836 bits per heavy atom. The number of hydrogen-bond acceptors (Lipinski definition) is 24. The number of halogens is 1. The number of fused-ring (bicyclic) bond motifs is 5. The SMILES string of the molecule is CC(C)S(=O)(=O)c1ccc(-c2cnc3[nH]cc(C(=O)NC4CCC(CO)CC4)c3n2)cc1.CC(C)S(=O)(=O)c1ccc(-c2cnc3[nH]cc(C(=O)NCc4ccc5c(c4)OCO5)c3n2)cc1.CC(C)S(=O)(=O)c1ccc(-c2cnc3[nH]cc(C(=O)N[C@H](C(N)=O)c4ccccc4)c3n2)cc1.CC(c1cccc(Cl)c1)N(C)C(=O)c1c[nH]c2ncc(-c3ccc(S(=O)(=O)C(C)C)cc3)nc12.[HH].[HH].[HH].[HH].[HH].[HH].[HH].[HH].[HH].[HH].[HH]. The molecule has 15 aromatic rings. The lowest BCUT2D eigenvalue weighted by Crippen LogP contribution is -2.38. The normalized spacial score (nSPS) is 14.3. The minimum Gasteiger partial charge on any atom is -0.454 e. The van der Waals surface area contributed by atoms with Crippen LogP contribution in [0.2, 0.25) is 5.02 Å². The van der Waals surface area contributed by atoms with Gasteiger partial charge in [0, 0.05) is 94.0 Å². The largest absolute Gasteiger partial charge is 0.454 e. The van der Waals surface area contributed by atoms with Crippen LogP contribution in [-0.4, -0.2) is 181 Å². The van der Waals surface area contributed by atoms with E-state index in [0.717, 1.165) is 42.4 Å². The standard InChI is InChI=1S/C25H25ClN4O3S.C24H23N5O4S.C24H22N4O5S.C23H28N4O4S.11H2/c1-15(2)34(32,33)20-10-8-17(9-11-20)22-14-28-24-23(29-22)21(13-27-24)25(31)30(4)16(3)18-6-5-7-19(26)12-18;1-14(2)34(32,33)17-10-8-15(9-11-17)19-13-27-23-21(28-19)18(12-26-23)24(31)29-20(22(25)30)16-6-4-3-5-7-16;1-14(2)34(30,31)17-6-4-16(5-7-17)19-12-26-23-22(28-19)18(11-25-23)24(29)27-10-15-3-8-20-21(9-15)33-13-32-20;1-14(2)32(30,31)18-9-5-16(6-10-18)20-12-25-22-21(27-20)19(11-24-22)23(29)26-17-7-3-15(13-28)4-8-17;;;;;;;;;;;/h5-16H,1-4H3,(H,27,28);3-14,20H,1-2H3,(H2,25,30)(H,26,27)(H,29,31);3-9,11-12,14H,10,13H2,1-2H3,(H,25,26)(H,27,29);5-6,9-12,14-15,17,28H,3-4,7-8,13H2,1-2H3,(H,24,25)(H,26,29);11*1H/t;20-;;;;;;;;;;;;;/m.0............./s1. The molecule has 2 atom stereocenters. The maximum atomic E-state index is 13.3. The van der Waals surface area contributed by atoms with Crippen molar-refractivity contribution in [2.75, 3.05) is 20.4 Å². The number of nitrogens with zero attached hydrogens (tertiary/aromatic N) is 9. The number of H-pyrrole nitrogens is 4. The molecule has 17 rings (SSSR count). The molecular weight excluding hydrogens is 1810 g/mol. The zero-order chi connectivity index (χ0) is 95.8. The van der Waals surface area contributed by atoms with Crippen molar-refractivity contribution in [1.82, 2.24) is 80.7 Å². The molecule has 10 N–H and O–H groups in total. The van der Waals surface area contributed by atoms with E-state index in [9.17, 15) is 62.8 Å². The van der Waals surface area contributed by atoms with Gasteiger partial charge in [-0.2, -0.15) is 0 Å². The summed E-state index contributed by atoms with van der Waals surface area (Å²) < 4.78 is 110. The molecule has 0 saturated heterocycles. The van der Waals surface area contributed by atoms with Crippen molar-refractivity contribution in [1.29, 1.82) is 0 Å². The Labute approximate surface area is 794 Å². The molecule has 0 radical (unpaired) electrons. The van der Waals surface area contributed by atoms with Crippen LogP contribution in [-0.2, 0) is 50.7 Å². The van der Waals surface area contributed by atoms with Gasteiger partial charge in [0.1, 0.15) is 28.1 Å². The molecule has 1 unspecified atom stereocenters. The predicted molar refractivity (Wildman–Crippen MR) is 532 cm³/mol. The highest BCUT2D eigenvalue weighted by Crippen LogP contribution is 2.36. The highest BCUT2D eigenvalue weighted by molar-refractivity contribution is 7.93. The molecular formula is C96H120ClN17O16S4. The Kier molecular flexibility index (Phi) is 29.1. The van der Waals surface area contributed by atoms with E-state index < -0.39 is 78.2 Å². The zero-order valence-electron chi connectivity index (χ0n) is 74.5. The number of aromatic amines is 4. The average Bonchev–Trinajstić information content (AvgIpc) is 1.79. The third-order valence-electron chi connectivity index (χ3n) is 23.1. The highest BCUT2D eigenvalue weighted by Gasteiger charge is 2.31. The summed E-state index contributed by atoms with van der Waals surface area (Å²) in [4.78, 5) is 115. The van der Waals surface area contributed by atoms with E-state index in [4.69, 9.17) is 26.8 Å². The number of amides is 5. The van der Waals surface area contributed by atoms with Crippen molar-refractivity contribution < 1.29 is 87.9 Å². The van der Waals surface area contributed by atoms with Crippen LogP contribution in [0.15, 0.2) is 239 Å². The van der Waals surface area contributed by atoms with E-state index in [1.807, 2.05) is 43.3 Å². The van der Waals surface area contributed by atoms with E-state index in [0.29, 0.717) is 135 Å². The topological polar surface area (TPSA) is 492 Å². The van der Waals surface area contributed by atoms with Gasteiger partial charge in [-0.3, -0.25) is 24.0 Å². The van der Waals surface area contributed by atoms with Gasteiger partial charge < -0.3 is 61.1 Å². The van der Waals surface area contributed by atoms with E-state index >= 15 is 0 Å². The minimum absolute atomic E-state index is 0. The number of primary amides is 1. The van der Waals surface area contributed by atoms with Gasteiger partial charge in [0.15, 0.2) is 73.4 Å². The molecule has 8 aromatic heterocycles. The fraction of sp³-hybridized carbons (Fsp3) is 0.260. The highest BCUT2D eigenvalue weighted by atomic mass is 35.5. The summed E-state index contributed by atoms with van der Waals surface area (Å²) in [6.07, 6.45) is 16.1. The molecule has 2 aliphatic rings. The molecule has 716 valence electrons. The van der Waals surface area contributed by atoms with Crippen LogP contribution in [0.1, 0.15) is 174 Å². The number of sulfone groups is 4. The molecule has 1 aliphatic carbocycles. The van der Waals surface area contributed by atoms with Crippen molar-refractivity contribution in [3.05, 3.63) is 263 Å². The summed E-state index contributed by atoms with van der Waals surface area (Å²) in [7, 11) is -11.7. The maximum Gasteiger partial charge on any atom is 0.257 e. The minimum atomic E-state index is -3.39. The molecule has 38 heteroatoms. The van der Waals surface area contributed by atoms with Gasteiger partial charge in [-0.05, 0) is 183 Å².